The first-order valence-electron chi connectivity index (χ1n) is 1.85. The zero-order valence-corrected chi connectivity index (χ0v) is 4.57. The molecule has 0 heterocycles. The van der Waals surface area contributed by atoms with E-state index in [0.717, 1.165) is 0 Å². The van der Waals surface area contributed by atoms with Crippen molar-refractivity contribution in [2.45, 2.75) is 12.3 Å². The third-order valence-corrected chi connectivity index (χ3v) is 0.603. The maximum absolute atomic E-state index is 11.4. The van der Waals surface area contributed by atoms with Crippen molar-refractivity contribution in [1.82, 2.24) is 0 Å². The van der Waals surface area contributed by atoms with Crippen LogP contribution in [-0.2, 0) is 4.79 Å². The van der Waals surface area contributed by atoms with E-state index in [1.54, 1.807) is 0 Å². The fourth-order valence-corrected chi connectivity index (χ4v) is 0.108. The van der Waals surface area contributed by atoms with Crippen molar-refractivity contribution in [3.05, 3.63) is 0 Å². The number of halogens is 4. The van der Waals surface area contributed by atoms with Crippen molar-refractivity contribution < 1.29 is 27.8 Å². The molecule has 0 rings (SSSR count). The first kappa shape index (κ1) is 11.9. The number of carbonyl (C=O) groups excluding carboxylic acids is 1. The van der Waals surface area contributed by atoms with Gasteiger partial charge in [-0.3, -0.25) is 4.79 Å². The van der Waals surface area contributed by atoms with Crippen LogP contribution in [0.15, 0.2) is 0 Å². The summed E-state index contributed by atoms with van der Waals surface area (Å²) in [6, 6.07) is 0. The number of rotatable bonds is 2. The Morgan fingerprint density at radius 2 is 1.70 bits per heavy atom. The molecule has 0 spiro atoms. The number of alkyl halides is 4. The van der Waals surface area contributed by atoms with Gasteiger partial charge in [0.15, 0.2) is 0 Å². The van der Waals surface area contributed by atoms with Crippen LogP contribution < -0.4 is 5.73 Å². The van der Waals surface area contributed by atoms with E-state index in [-0.39, 0.29) is 5.48 Å². The first-order chi connectivity index (χ1) is 3.89. The fourth-order valence-electron chi connectivity index (χ4n) is 0.108. The molecule has 0 aromatic heterocycles. The highest BCUT2D eigenvalue weighted by atomic mass is 19.3. The molecule has 62 valence electrons. The summed E-state index contributed by atoms with van der Waals surface area (Å²) in [6.07, 6.45) is -4.02. The van der Waals surface area contributed by atoms with Crippen molar-refractivity contribution in [1.29, 1.82) is 0 Å². The third kappa shape index (κ3) is 2.18. The largest absolute Gasteiger partial charge is 0.412 e. The summed E-state index contributed by atoms with van der Waals surface area (Å²) in [5.74, 6) is -7.00. The molecule has 0 saturated heterocycles. The summed E-state index contributed by atoms with van der Waals surface area (Å²) in [4.78, 5) is 9.45. The number of hydrogen-bond acceptors (Lipinski definition) is 1. The van der Waals surface area contributed by atoms with E-state index in [0.29, 0.717) is 0 Å². The van der Waals surface area contributed by atoms with Gasteiger partial charge in [-0.25, -0.2) is 8.78 Å². The van der Waals surface area contributed by atoms with Gasteiger partial charge in [-0.15, -0.1) is 0 Å². The maximum Gasteiger partial charge on any atom is 0.383 e. The minimum absolute atomic E-state index is 0. The van der Waals surface area contributed by atoms with E-state index in [1.807, 2.05) is 0 Å². The standard InChI is InChI=1S/C3H3F4NO.H2O/c4-1(5)3(6,7)2(8)9;/h1H,(H2,8,9);1H2. The molecule has 7 heteroatoms. The van der Waals surface area contributed by atoms with E-state index in [9.17, 15) is 22.4 Å². The van der Waals surface area contributed by atoms with Crippen molar-refractivity contribution in [3.63, 3.8) is 0 Å². The van der Waals surface area contributed by atoms with E-state index in [4.69, 9.17) is 0 Å². The number of primary amides is 1. The van der Waals surface area contributed by atoms with Crippen LogP contribution in [0.25, 0.3) is 0 Å². The van der Waals surface area contributed by atoms with Gasteiger partial charge in [0.05, 0.1) is 0 Å². The minimum Gasteiger partial charge on any atom is -0.412 e. The van der Waals surface area contributed by atoms with Gasteiger partial charge in [0, 0.05) is 0 Å². The summed E-state index contributed by atoms with van der Waals surface area (Å²) in [5.41, 5.74) is 3.90. The molecule has 0 bridgehead atoms. The van der Waals surface area contributed by atoms with Gasteiger partial charge in [0.2, 0.25) is 0 Å². The highest BCUT2D eigenvalue weighted by Crippen LogP contribution is 2.21. The van der Waals surface area contributed by atoms with Gasteiger partial charge in [0.25, 0.3) is 5.91 Å². The number of nitrogens with two attached hydrogens (primary N) is 1. The second-order valence-corrected chi connectivity index (χ2v) is 1.29. The quantitative estimate of drug-likeness (QED) is 0.550. The number of hydrogen-bond donors (Lipinski definition) is 1. The molecule has 0 radical (unpaired) electrons. The lowest BCUT2D eigenvalue weighted by atomic mass is 10.3. The van der Waals surface area contributed by atoms with Crippen LogP contribution in [0.3, 0.4) is 0 Å². The van der Waals surface area contributed by atoms with E-state index in [1.165, 1.54) is 0 Å². The van der Waals surface area contributed by atoms with Crippen LogP contribution >= 0.6 is 0 Å². The van der Waals surface area contributed by atoms with Crippen LogP contribution in [0.4, 0.5) is 17.6 Å². The van der Waals surface area contributed by atoms with Crippen LogP contribution in [0.5, 0.6) is 0 Å². The lowest BCUT2D eigenvalue weighted by Gasteiger charge is -2.08. The highest BCUT2D eigenvalue weighted by molar-refractivity contribution is 5.81. The van der Waals surface area contributed by atoms with Gasteiger partial charge >= 0.3 is 12.3 Å². The highest BCUT2D eigenvalue weighted by Gasteiger charge is 2.47. The monoisotopic (exact) mass is 163 g/mol. The zero-order valence-electron chi connectivity index (χ0n) is 4.57. The Bertz CT molecular complexity index is 126. The molecule has 0 saturated carbocycles. The summed E-state index contributed by atoms with van der Waals surface area (Å²) in [6.45, 7) is 0. The summed E-state index contributed by atoms with van der Waals surface area (Å²) < 4.78 is 44.9. The molecular formula is C3H5F4NO2. The Morgan fingerprint density at radius 3 is 1.70 bits per heavy atom. The predicted octanol–water partition coefficient (Wildman–Crippen LogP) is -0.453. The van der Waals surface area contributed by atoms with E-state index >= 15 is 0 Å². The molecule has 4 N–H and O–H groups in total. The molecule has 0 aliphatic rings. The Morgan fingerprint density at radius 1 is 1.40 bits per heavy atom. The first-order valence-corrected chi connectivity index (χ1v) is 1.85. The summed E-state index contributed by atoms with van der Waals surface area (Å²) in [5, 5.41) is 0. The molecule has 0 aromatic rings. The Balaban J connectivity index is 0. The molecule has 0 atom stereocenters. The molecule has 1 amide bonds. The Kier molecular flexibility index (Phi) is 3.98. The smallest absolute Gasteiger partial charge is 0.383 e. The van der Waals surface area contributed by atoms with Crippen LogP contribution in [0, 0.1) is 0 Å². The van der Waals surface area contributed by atoms with Crippen molar-refractivity contribution in [2.75, 3.05) is 0 Å². The predicted molar refractivity (Wildman–Crippen MR) is 23.8 cm³/mol. The molecule has 0 unspecified atom stereocenters. The van der Waals surface area contributed by atoms with E-state index in [2.05, 4.69) is 5.73 Å². The number of carbonyl (C=O) groups is 1. The number of amides is 1. The van der Waals surface area contributed by atoms with E-state index < -0.39 is 18.3 Å². The van der Waals surface area contributed by atoms with Gasteiger partial charge in [-0.2, -0.15) is 8.78 Å². The fraction of sp³-hybridized carbons (Fsp3) is 0.667. The topological polar surface area (TPSA) is 74.6 Å². The lowest BCUT2D eigenvalue weighted by Crippen LogP contribution is -2.41. The Hall–Kier alpha value is -0.850. The molecule has 10 heavy (non-hydrogen) atoms. The molecular weight excluding hydrogens is 158 g/mol. The molecule has 0 aliphatic carbocycles. The minimum atomic E-state index is -4.69. The normalized spacial score (nSPS) is 10.9. The molecule has 3 nitrogen and oxygen atoms in total. The van der Waals surface area contributed by atoms with Crippen LogP contribution in [0.2, 0.25) is 0 Å². The Labute approximate surface area is 53.1 Å². The second-order valence-electron chi connectivity index (χ2n) is 1.29. The van der Waals surface area contributed by atoms with Crippen LogP contribution in [0.1, 0.15) is 0 Å². The summed E-state index contributed by atoms with van der Waals surface area (Å²) >= 11 is 0. The molecule has 0 aromatic carbocycles. The third-order valence-electron chi connectivity index (χ3n) is 0.603. The molecule has 0 fully saturated rings. The average molecular weight is 163 g/mol. The van der Waals surface area contributed by atoms with Crippen molar-refractivity contribution in [3.8, 4) is 0 Å². The summed E-state index contributed by atoms with van der Waals surface area (Å²) in [7, 11) is 0. The SMILES string of the molecule is NC(=O)C(F)(F)C(F)F.O. The van der Waals surface area contributed by atoms with Crippen molar-refractivity contribution >= 4 is 5.91 Å². The second kappa shape index (κ2) is 3.35. The maximum atomic E-state index is 11.4. The van der Waals surface area contributed by atoms with Gasteiger partial charge in [0.1, 0.15) is 0 Å². The van der Waals surface area contributed by atoms with Gasteiger partial charge in [-0.1, -0.05) is 0 Å². The lowest BCUT2D eigenvalue weighted by molar-refractivity contribution is -0.165. The zero-order chi connectivity index (χ0) is 7.65. The molecule has 0 aliphatic heterocycles. The average Bonchev–Trinajstić information content (AvgIpc) is 1.65. The van der Waals surface area contributed by atoms with Crippen molar-refractivity contribution in [2.24, 2.45) is 5.73 Å². The van der Waals surface area contributed by atoms with Gasteiger partial charge in [-0.05, 0) is 0 Å². The van der Waals surface area contributed by atoms with Gasteiger partial charge < -0.3 is 11.2 Å². The van der Waals surface area contributed by atoms with Crippen LogP contribution in [-0.4, -0.2) is 23.7 Å².